The van der Waals surface area contributed by atoms with Gasteiger partial charge in [-0.05, 0) is 37.1 Å². The number of carbonyl (C=O) groups is 2. The maximum absolute atomic E-state index is 11.7. The van der Waals surface area contributed by atoms with E-state index in [-0.39, 0.29) is 24.8 Å². The second-order valence-corrected chi connectivity index (χ2v) is 6.69. The van der Waals surface area contributed by atoms with E-state index in [9.17, 15) is 9.59 Å². The van der Waals surface area contributed by atoms with Crippen LogP contribution in [0, 0.1) is 0 Å². The zero-order chi connectivity index (χ0) is 17.6. The van der Waals surface area contributed by atoms with Crippen molar-refractivity contribution in [3.05, 3.63) is 28.7 Å². The quantitative estimate of drug-likeness (QED) is 0.267. The zero-order valence-electron chi connectivity index (χ0n) is 14.4. The van der Waals surface area contributed by atoms with Crippen LogP contribution < -0.4 is 4.74 Å². The molecule has 0 N–H and O–H groups in total. The molecule has 0 aliphatic carbocycles. The molecule has 0 radical (unpaired) electrons. The normalized spacial score (nSPS) is 10.4. The summed E-state index contributed by atoms with van der Waals surface area (Å²) in [5, 5.41) is 0. The number of benzene rings is 1. The van der Waals surface area contributed by atoms with E-state index >= 15 is 0 Å². The van der Waals surface area contributed by atoms with Gasteiger partial charge in [0.05, 0.1) is 6.61 Å². The van der Waals surface area contributed by atoms with Crippen molar-refractivity contribution in [2.45, 2.75) is 64.7 Å². The number of hydrogen-bond donors (Lipinski definition) is 0. The molecule has 1 aromatic carbocycles. The van der Waals surface area contributed by atoms with E-state index in [1.807, 2.05) is 12.1 Å². The predicted molar refractivity (Wildman–Crippen MR) is 98.0 cm³/mol. The number of hydrogen-bond acceptors (Lipinski definition) is 4. The molecule has 0 saturated heterocycles. The molecule has 24 heavy (non-hydrogen) atoms. The Morgan fingerprint density at radius 3 is 2.21 bits per heavy atom. The third kappa shape index (κ3) is 10.4. The van der Waals surface area contributed by atoms with Crippen LogP contribution in [0.15, 0.2) is 28.7 Å². The van der Waals surface area contributed by atoms with E-state index in [4.69, 9.17) is 9.47 Å². The van der Waals surface area contributed by atoms with Gasteiger partial charge in [-0.25, -0.2) is 0 Å². The van der Waals surface area contributed by atoms with Crippen LogP contribution in [0.3, 0.4) is 0 Å². The van der Waals surface area contributed by atoms with Crippen molar-refractivity contribution in [1.82, 2.24) is 0 Å². The average molecular weight is 399 g/mol. The Bertz CT molecular complexity index is 485. The first-order valence-electron chi connectivity index (χ1n) is 8.73. The Labute approximate surface area is 153 Å². The summed E-state index contributed by atoms with van der Waals surface area (Å²) in [6, 6.07) is 7.05. The van der Waals surface area contributed by atoms with E-state index in [1.54, 1.807) is 12.1 Å². The molecule has 0 unspecified atom stereocenters. The standard InChI is InChI=1S/C19H27BrO4/c1-2-3-4-5-6-7-15-23-18(21)9-8-10-19(22)24-17-13-11-16(20)12-14-17/h11-14H,2-10,15H2,1H3. The molecular weight excluding hydrogens is 372 g/mol. The lowest BCUT2D eigenvalue weighted by molar-refractivity contribution is -0.144. The Hall–Kier alpha value is -1.36. The summed E-state index contributed by atoms with van der Waals surface area (Å²) >= 11 is 3.32. The van der Waals surface area contributed by atoms with Crippen molar-refractivity contribution >= 4 is 27.9 Å². The summed E-state index contributed by atoms with van der Waals surface area (Å²) in [5.74, 6) is -0.0603. The van der Waals surface area contributed by atoms with Crippen molar-refractivity contribution in [1.29, 1.82) is 0 Å². The fraction of sp³-hybridized carbons (Fsp3) is 0.579. The van der Waals surface area contributed by atoms with Gasteiger partial charge >= 0.3 is 11.9 Å². The van der Waals surface area contributed by atoms with E-state index < -0.39 is 0 Å². The van der Waals surface area contributed by atoms with Crippen LogP contribution in [0.25, 0.3) is 0 Å². The monoisotopic (exact) mass is 398 g/mol. The Morgan fingerprint density at radius 1 is 0.875 bits per heavy atom. The number of carbonyl (C=O) groups excluding carboxylic acids is 2. The lowest BCUT2D eigenvalue weighted by atomic mass is 10.1. The van der Waals surface area contributed by atoms with Crippen LogP contribution in [0.1, 0.15) is 64.7 Å². The van der Waals surface area contributed by atoms with Crippen LogP contribution in [0.5, 0.6) is 5.75 Å². The molecule has 0 amide bonds. The molecule has 0 atom stereocenters. The number of ether oxygens (including phenoxy) is 2. The van der Waals surface area contributed by atoms with Crippen LogP contribution in [-0.2, 0) is 14.3 Å². The van der Waals surface area contributed by atoms with E-state index in [0.29, 0.717) is 18.8 Å². The molecule has 0 spiro atoms. The minimum atomic E-state index is -0.332. The Balaban J connectivity index is 2.02. The molecule has 1 rings (SSSR count). The van der Waals surface area contributed by atoms with Crippen molar-refractivity contribution in [3.8, 4) is 5.75 Å². The smallest absolute Gasteiger partial charge is 0.311 e. The first-order chi connectivity index (χ1) is 11.6. The van der Waals surface area contributed by atoms with Gasteiger partial charge in [0.25, 0.3) is 0 Å². The van der Waals surface area contributed by atoms with Crippen molar-refractivity contribution < 1.29 is 19.1 Å². The maximum atomic E-state index is 11.7. The van der Waals surface area contributed by atoms with Gasteiger partial charge < -0.3 is 9.47 Å². The summed E-state index contributed by atoms with van der Waals surface area (Å²) in [5.41, 5.74) is 0. The van der Waals surface area contributed by atoms with Crippen LogP contribution in [-0.4, -0.2) is 18.5 Å². The van der Waals surface area contributed by atoms with E-state index in [2.05, 4.69) is 22.9 Å². The molecule has 5 heteroatoms. The highest BCUT2D eigenvalue weighted by Crippen LogP contribution is 2.17. The highest BCUT2D eigenvalue weighted by Gasteiger charge is 2.08. The predicted octanol–water partition coefficient (Wildman–Crippen LogP) is 5.43. The van der Waals surface area contributed by atoms with Gasteiger partial charge in [0.1, 0.15) is 5.75 Å². The molecular formula is C19H27BrO4. The van der Waals surface area contributed by atoms with Gasteiger partial charge in [0.2, 0.25) is 0 Å². The number of esters is 2. The summed E-state index contributed by atoms with van der Waals surface area (Å²) in [6.45, 7) is 2.67. The first kappa shape index (κ1) is 20.7. The molecule has 0 aliphatic rings. The first-order valence-corrected chi connectivity index (χ1v) is 9.53. The van der Waals surface area contributed by atoms with Gasteiger partial charge in [0.15, 0.2) is 0 Å². The third-order valence-electron chi connectivity index (χ3n) is 3.57. The van der Waals surface area contributed by atoms with E-state index in [1.165, 1.54) is 25.7 Å². The largest absolute Gasteiger partial charge is 0.466 e. The Kier molecular flexibility index (Phi) is 11.2. The number of rotatable bonds is 12. The summed E-state index contributed by atoms with van der Waals surface area (Å²) in [7, 11) is 0. The molecule has 0 fully saturated rings. The fourth-order valence-corrected chi connectivity index (χ4v) is 2.47. The highest BCUT2D eigenvalue weighted by molar-refractivity contribution is 9.10. The minimum absolute atomic E-state index is 0.210. The molecule has 0 aliphatic heterocycles. The molecule has 134 valence electrons. The second-order valence-electron chi connectivity index (χ2n) is 5.77. The van der Waals surface area contributed by atoms with Gasteiger partial charge in [0, 0.05) is 17.3 Å². The molecule has 0 heterocycles. The average Bonchev–Trinajstić information content (AvgIpc) is 2.56. The van der Waals surface area contributed by atoms with Crippen LogP contribution >= 0.6 is 15.9 Å². The highest BCUT2D eigenvalue weighted by atomic mass is 79.9. The van der Waals surface area contributed by atoms with E-state index in [0.717, 1.165) is 17.3 Å². The summed E-state index contributed by atoms with van der Waals surface area (Å²) < 4.78 is 11.3. The molecule has 4 nitrogen and oxygen atoms in total. The van der Waals surface area contributed by atoms with Crippen molar-refractivity contribution in [3.63, 3.8) is 0 Å². The molecule has 0 aromatic heterocycles. The maximum Gasteiger partial charge on any atom is 0.311 e. The molecule has 0 saturated carbocycles. The summed E-state index contributed by atoms with van der Waals surface area (Å²) in [6.07, 6.45) is 7.90. The molecule has 1 aromatic rings. The summed E-state index contributed by atoms with van der Waals surface area (Å²) in [4.78, 5) is 23.3. The second kappa shape index (κ2) is 13.0. The lowest BCUT2D eigenvalue weighted by Crippen LogP contribution is -2.10. The minimum Gasteiger partial charge on any atom is -0.466 e. The Morgan fingerprint density at radius 2 is 1.50 bits per heavy atom. The van der Waals surface area contributed by atoms with Gasteiger partial charge in [-0.15, -0.1) is 0 Å². The van der Waals surface area contributed by atoms with Crippen LogP contribution in [0.4, 0.5) is 0 Å². The number of halogens is 1. The fourth-order valence-electron chi connectivity index (χ4n) is 2.20. The van der Waals surface area contributed by atoms with Gasteiger partial charge in [-0.1, -0.05) is 55.0 Å². The zero-order valence-corrected chi connectivity index (χ0v) is 16.0. The SMILES string of the molecule is CCCCCCCCOC(=O)CCCC(=O)Oc1ccc(Br)cc1. The van der Waals surface area contributed by atoms with Crippen molar-refractivity contribution in [2.24, 2.45) is 0 Å². The molecule has 0 bridgehead atoms. The van der Waals surface area contributed by atoms with Crippen molar-refractivity contribution in [2.75, 3.05) is 6.61 Å². The van der Waals surface area contributed by atoms with Gasteiger partial charge in [-0.3, -0.25) is 9.59 Å². The van der Waals surface area contributed by atoms with Crippen LogP contribution in [0.2, 0.25) is 0 Å². The number of unbranched alkanes of at least 4 members (excludes halogenated alkanes) is 5. The van der Waals surface area contributed by atoms with Gasteiger partial charge in [-0.2, -0.15) is 0 Å². The third-order valence-corrected chi connectivity index (χ3v) is 4.10. The lowest BCUT2D eigenvalue weighted by Gasteiger charge is -2.06. The topological polar surface area (TPSA) is 52.6 Å².